The van der Waals surface area contributed by atoms with Gasteiger partial charge in [0.25, 0.3) is 11.8 Å². The van der Waals surface area contributed by atoms with E-state index in [-0.39, 0.29) is 5.92 Å². The van der Waals surface area contributed by atoms with E-state index >= 15 is 0 Å². The lowest BCUT2D eigenvalue weighted by atomic mass is 9.97. The molecule has 0 bridgehead atoms. The van der Waals surface area contributed by atoms with E-state index in [1.54, 1.807) is 36.4 Å². The third-order valence-corrected chi connectivity index (χ3v) is 7.23. The number of hydrogen-bond donors (Lipinski definition) is 8. The van der Waals surface area contributed by atoms with E-state index in [1.807, 2.05) is 0 Å². The Morgan fingerprint density at radius 3 is 1.36 bits per heavy atom. The van der Waals surface area contributed by atoms with E-state index in [2.05, 4.69) is 38.3 Å². The van der Waals surface area contributed by atoms with Crippen LogP contribution in [0, 0.1) is 23.7 Å². The summed E-state index contributed by atoms with van der Waals surface area (Å²) in [5.74, 6) is 1.17. The van der Waals surface area contributed by atoms with Gasteiger partial charge in [-0.05, 0) is 86.0 Å². The van der Waals surface area contributed by atoms with Crippen molar-refractivity contribution in [3.05, 3.63) is 47.5 Å². The molecule has 2 aromatic rings. The second kappa shape index (κ2) is 19.6. The maximum atomic E-state index is 11.7. The van der Waals surface area contributed by atoms with Gasteiger partial charge in [0, 0.05) is 35.8 Å². The summed E-state index contributed by atoms with van der Waals surface area (Å²) < 4.78 is 0. The minimum absolute atomic E-state index is 0.211. The quantitative estimate of drug-likeness (QED) is 0.117. The molecule has 2 amide bonds. The second-order valence-electron chi connectivity index (χ2n) is 12.0. The summed E-state index contributed by atoms with van der Waals surface area (Å²) in [5.41, 5.74) is 36.9. The zero-order valence-electron chi connectivity index (χ0n) is 26.1. The van der Waals surface area contributed by atoms with Crippen LogP contribution in [0.5, 0.6) is 0 Å². The second-order valence-corrected chi connectivity index (χ2v) is 12.0. The number of nitrogen functional groups attached to an aromatic ring is 2. The van der Waals surface area contributed by atoms with Gasteiger partial charge in [-0.15, -0.1) is 0 Å². The van der Waals surface area contributed by atoms with Crippen molar-refractivity contribution in [2.45, 2.75) is 66.2 Å². The van der Waals surface area contributed by atoms with Gasteiger partial charge in [-0.25, -0.2) is 0 Å². The number of carbonyl (C=O) groups is 2. The fraction of sp³-hybridized carbons (Fsp3) is 0.562. The van der Waals surface area contributed by atoms with Crippen LogP contribution in [-0.4, -0.2) is 38.0 Å². The highest BCUT2D eigenvalue weighted by Crippen LogP contribution is 2.23. The Kier molecular flexibility index (Phi) is 17.0. The predicted octanol–water partition coefficient (Wildman–Crippen LogP) is 4.36. The first-order chi connectivity index (χ1) is 19.9. The lowest BCUT2D eigenvalue weighted by Gasteiger charge is -2.22. The van der Waals surface area contributed by atoms with Crippen LogP contribution in [0.4, 0.5) is 22.7 Å². The SMILES string of the molecule is CC(C)CCCC(CN)CN.CC(C)CCCC(CNc1cc(N)ccc1C(N)=O)CNc1cc(N)ccc1C(N)=O. The van der Waals surface area contributed by atoms with Crippen LogP contribution in [-0.2, 0) is 0 Å². The molecule has 0 unspecified atom stereocenters. The monoisotopic (exact) mass is 584 g/mol. The molecule has 10 heteroatoms. The van der Waals surface area contributed by atoms with Crippen molar-refractivity contribution in [2.24, 2.45) is 46.6 Å². The van der Waals surface area contributed by atoms with Crippen LogP contribution in [0.25, 0.3) is 0 Å². The summed E-state index contributed by atoms with van der Waals surface area (Å²) in [6, 6.07) is 9.97. The molecule has 0 atom stereocenters. The van der Waals surface area contributed by atoms with Crippen LogP contribution in [0.15, 0.2) is 36.4 Å². The average molecular weight is 585 g/mol. The van der Waals surface area contributed by atoms with Gasteiger partial charge in [0.2, 0.25) is 0 Å². The lowest BCUT2D eigenvalue weighted by Crippen LogP contribution is -2.25. The molecule has 10 nitrogen and oxygen atoms in total. The molecule has 236 valence electrons. The van der Waals surface area contributed by atoms with Gasteiger partial charge in [0.15, 0.2) is 0 Å². The number of nitrogens with one attached hydrogen (secondary N) is 2. The number of benzene rings is 2. The van der Waals surface area contributed by atoms with Gasteiger partial charge >= 0.3 is 0 Å². The van der Waals surface area contributed by atoms with Gasteiger partial charge in [-0.1, -0.05) is 53.4 Å². The van der Waals surface area contributed by atoms with E-state index in [4.69, 9.17) is 34.4 Å². The Balaban J connectivity index is 0.000000679. The minimum atomic E-state index is -0.511. The standard InChI is InChI=1S/C23H34N6O2.C9H22N2/c1-14(2)4-3-5-15(12-28-20-10-16(24)6-8-18(20)22(26)30)13-29-21-11-17(25)7-9-19(21)23(27)31;1-8(2)4-3-5-9(6-10)7-11/h6-11,14-15,28-29H,3-5,12-13,24-25H2,1-2H3,(H2,26,30)(H2,27,31);8-9H,3-7,10-11H2,1-2H3. The average Bonchev–Trinajstić information content (AvgIpc) is 2.92. The highest BCUT2D eigenvalue weighted by Gasteiger charge is 2.15. The molecule has 0 saturated carbocycles. The number of rotatable bonds is 18. The molecule has 0 aromatic heterocycles. The molecule has 0 aliphatic rings. The molecule has 14 N–H and O–H groups in total. The Morgan fingerprint density at radius 1 is 0.643 bits per heavy atom. The largest absolute Gasteiger partial charge is 0.399 e. The van der Waals surface area contributed by atoms with Crippen molar-refractivity contribution in [3.8, 4) is 0 Å². The van der Waals surface area contributed by atoms with Gasteiger partial charge < -0.3 is 45.0 Å². The molecular weight excluding hydrogens is 528 g/mol. The summed E-state index contributed by atoms with van der Waals surface area (Å²) in [7, 11) is 0. The molecule has 0 aliphatic carbocycles. The van der Waals surface area contributed by atoms with Crippen molar-refractivity contribution < 1.29 is 9.59 Å². The fourth-order valence-electron chi connectivity index (χ4n) is 4.59. The fourth-order valence-corrected chi connectivity index (χ4v) is 4.59. The number of carbonyl (C=O) groups excluding carboxylic acids is 2. The number of hydrogen-bond acceptors (Lipinski definition) is 8. The number of amides is 2. The van der Waals surface area contributed by atoms with Crippen molar-refractivity contribution in [1.29, 1.82) is 0 Å². The lowest BCUT2D eigenvalue weighted by molar-refractivity contribution is 0.0992. The summed E-state index contributed by atoms with van der Waals surface area (Å²) in [6.45, 7) is 11.6. The van der Waals surface area contributed by atoms with E-state index in [1.165, 1.54) is 19.3 Å². The summed E-state index contributed by atoms with van der Waals surface area (Å²) in [6.07, 6.45) is 6.91. The first kappa shape index (κ1) is 36.5. The first-order valence-electron chi connectivity index (χ1n) is 15.1. The normalized spacial score (nSPS) is 11.1. The Hall–Kier alpha value is -3.50. The van der Waals surface area contributed by atoms with Crippen molar-refractivity contribution in [3.63, 3.8) is 0 Å². The predicted molar refractivity (Wildman–Crippen MR) is 178 cm³/mol. The molecule has 42 heavy (non-hydrogen) atoms. The van der Waals surface area contributed by atoms with Crippen LogP contribution < -0.4 is 45.0 Å². The number of primary amides is 2. The van der Waals surface area contributed by atoms with Crippen LogP contribution in [0.2, 0.25) is 0 Å². The molecule has 0 spiro atoms. The van der Waals surface area contributed by atoms with E-state index < -0.39 is 11.8 Å². The van der Waals surface area contributed by atoms with Crippen LogP contribution >= 0.6 is 0 Å². The molecule has 0 fully saturated rings. The van der Waals surface area contributed by atoms with Gasteiger partial charge in [-0.3, -0.25) is 9.59 Å². The highest BCUT2D eigenvalue weighted by molar-refractivity contribution is 5.99. The van der Waals surface area contributed by atoms with Crippen LogP contribution in [0.3, 0.4) is 0 Å². The third-order valence-electron chi connectivity index (χ3n) is 7.23. The zero-order valence-corrected chi connectivity index (χ0v) is 26.1. The van der Waals surface area contributed by atoms with Crippen LogP contribution in [0.1, 0.15) is 86.9 Å². The van der Waals surface area contributed by atoms with Crippen molar-refractivity contribution in [1.82, 2.24) is 0 Å². The maximum absolute atomic E-state index is 11.7. The molecule has 0 aliphatic heterocycles. The smallest absolute Gasteiger partial charge is 0.250 e. The van der Waals surface area contributed by atoms with Crippen molar-refractivity contribution in [2.75, 3.05) is 48.3 Å². The van der Waals surface area contributed by atoms with E-state index in [0.717, 1.165) is 38.3 Å². The first-order valence-corrected chi connectivity index (χ1v) is 15.1. The molecule has 0 heterocycles. The van der Waals surface area contributed by atoms with Gasteiger partial charge in [0.1, 0.15) is 0 Å². The number of nitrogens with two attached hydrogens (primary N) is 6. The highest BCUT2D eigenvalue weighted by atomic mass is 16.1. The van der Waals surface area contributed by atoms with E-state index in [0.29, 0.717) is 58.8 Å². The Morgan fingerprint density at radius 2 is 1.02 bits per heavy atom. The van der Waals surface area contributed by atoms with Gasteiger partial charge in [-0.2, -0.15) is 0 Å². The Labute approximate surface area is 252 Å². The molecule has 2 rings (SSSR count). The summed E-state index contributed by atoms with van der Waals surface area (Å²) in [5, 5.41) is 6.64. The minimum Gasteiger partial charge on any atom is -0.399 e. The summed E-state index contributed by atoms with van der Waals surface area (Å²) >= 11 is 0. The third kappa shape index (κ3) is 14.4. The topological polar surface area (TPSA) is 214 Å². The Bertz CT molecular complexity index is 1020. The number of anilines is 4. The molecular formula is C32H56N8O2. The molecule has 0 radical (unpaired) electrons. The maximum Gasteiger partial charge on any atom is 0.250 e. The van der Waals surface area contributed by atoms with E-state index in [9.17, 15) is 9.59 Å². The molecule has 0 saturated heterocycles. The zero-order chi connectivity index (χ0) is 31.7. The summed E-state index contributed by atoms with van der Waals surface area (Å²) in [4.78, 5) is 23.5. The molecule has 2 aromatic carbocycles. The van der Waals surface area contributed by atoms with Gasteiger partial charge in [0.05, 0.1) is 11.1 Å². The van der Waals surface area contributed by atoms with Crippen molar-refractivity contribution >= 4 is 34.6 Å².